The normalized spacial score (nSPS) is 20.8. The van der Waals surface area contributed by atoms with Crippen LogP contribution in [-0.4, -0.2) is 57.9 Å². The molecule has 0 spiro atoms. The zero-order chi connectivity index (χ0) is 28.5. The summed E-state index contributed by atoms with van der Waals surface area (Å²) < 4.78 is 0. The molecule has 0 heterocycles. The Bertz CT molecular complexity index is 1170. The maximum absolute atomic E-state index is 11.2. The second kappa shape index (κ2) is 14.0. The number of carbonyl (C=O) groups excluding carboxylic acids is 2. The third-order valence-corrected chi connectivity index (χ3v) is 7.47. The van der Waals surface area contributed by atoms with Crippen molar-refractivity contribution in [1.29, 1.82) is 0 Å². The molecule has 2 aromatic rings. The highest BCUT2D eigenvalue weighted by Crippen LogP contribution is 2.50. The van der Waals surface area contributed by atoms with E-state index in [4.69, 9.17) is 10.2 Å². The Balaban J connectivity index is 0.000000216. The van der Waals surface area contributed by atoms with Gasteiger partial charge in [0.05, 0.1) is 6.42 Å². The molecule has 2 fully saturated rings. The molecule has 2 aliphatic carbocycles. The van der Waals surface area contributed by atoms with Crippen molar-refractivity contribution >= 4 is 17.8 Å². The first-order valence-corrected chi connectivity index (χ1v) is 13.7. The van der Waals surface area contributed by atoms with Gasteiger partial charge in [-0.05, 0) is 71.8 Å². The molecule has 0 saturated heterocycles. The summed E-state index contributed by atoms with van der Waals surface area (Å²) >= 11 is 0. The Labute approximate surface area is 229 Å². The first-order valence-electron chi connectivity index (χ1n) is 13.7. The van der Waals surface area contributed by atoms with E-state index in [1.807, 2.05) is 25.1 Å². The van der Waals surface area contributed by atoms with E-state index in [2.05, 4.69) is 10.6 Å². The second-order valence-electron chi connectivity index (χ2n) is 10.3. The Hall–Kier alpha value is -3.59. The lowest BCUT2D eigenvalue weighted by Gasteiger charge is -2.10. The fourth-order valence-corrected chi connectivity index (χ4v) is 5.05. The van der Waals surface area contributed by atoms with E-state index in [0.29, 0.717) is 55.7 Å². The fraction of sp³-hybridized carbons (Fsp3) is 0.500. The average molecular weight is 541 g/mol. The molecule has 2 unspecified atom stereocenters. The lowest BCUT2D eigenvalue weighted by molar-refractivity contribution is -0.136. The molecule has 39 heavy (non-hydrogen) atoms. The number of phenolic OH excluding ortho intramolecular Hbond substituents is 2. The molecule has 4 rings (SSSR count). The highest BCUT2D eigenvalue weighted by atomic mass is 16.4. The van der Waals surface area contributed by atoms with E-state index in [0.717, 1.165) is 29.5 Å². The van der Waals surface area contributed by atoms with Gasteiger partial charge in [0.1, 0.15) is 11.5 Å². The molecule has 2 aliphatic rings. The van der Waals surface area contributed by atoms with Gasteiger partial charge in [0.2, 0.25) is 11.8 Å². The molecule has 4 atom stereocenters. The molecule has 212 valence electrons. The number of nitrogens with one attached hydrogen (secondary N) is 2. The van der Waals surface area contributed by atoms with Crippen molar-refractivity contribution in [3.63, 3.8) is 0 Å². The van der Waals surface area contributed by atoms with Crippen molar-refractivity contribution in [3.8, 4) is 11.5 Å². The average Bonchev–Trinajstić information content (AvgIpc) is 3.84. The fourth-order valence-electron chi connectivity index (χ4n) is 5.05. The van der Waals surface area contributed by atoms with Crippen LogP contribution >= 0.6 is 0 Å². The van der Waals surface area contributed by atoms with Crippen molar-refractivity contribution in [2.24, 2.45) is 11.8 Å². The summed E-state index contributed by atoms with van der Waals surface area (Å²) in [5.41, 5.74) is 3.35. The van der Waals surface area contributed by atoms with Gasteiger partial charge < -0.3 is 31.1 Å². The van der Waals surface area contributed by atoms with Crippen LogP contribution in [0.15, 0.2) is 36.4 Å². The Morgan fingerprint density at radius 2 is 1.26 bits per heavy atom. The molecule has 6 N–H and O–H groups in total. The van der Waals surface area contributed by atoms with Crippen molar-refractivity contribution in [3.05, 3.63) is 58.7 Å². The summed E-state index contributed by atoms with van der Waals surface area (Å²) in [4.78, 5) is 33.3. The molecule has 2 amide bonds. The Morgan fingerprint density at radius 1 is 0.795 bits per heavy atom. The SMILES string of the molecule is CCC(=O)NC[C@@H]1CC1c1cccc(O)c1CC(=O)O.CCC(=O)NC[C@@H]1CC1c1cccc(O)c1CCO. The zero-order valence-electron chi connectivity index (χ0n) is 22.7. The van der Waals surface area contributed by atoms with Crippen molar-refractivity contribution in [1.82, 2.24) is 10.6 Å². The molecule has 2 aromatic carbocycles. The van der Waals surface area contributed by atoms with Gasteiger partial charge in [-0.15, -0.1) is 0 Å². The molecule has 9 heteroatoms. The minimum atomic E-state index is -0.954. The van der Waals surface area contributed by atoms with Crippen LogP contribution in [0.1, 0.15) is 73.6 Å². The molecule has 0 radical (unpaired) electrons. The van der Waals surface area contributed by atoms with E-state index in [-0.39, 0.29) is 42.3 Å². The van der Waals surface area contributed by atoms with E-state index >= 15 is 0 Å². The largest absolute Gasteiger partial charge is 0.508 e. The van der Waals surface area contributed by atoms with Crippen LogP contribution in [0.3, 0.4) is 0 Å². The smallest absolute Gasteiger partial charge is 0.307 e. The maximum atomic E-state index is 11.2. The number of amides is 2. The third kappa shape index (κ3) is 8.45. The number of aromatic hydroxyl groups is 2. The molecule has 0 aromatic heterocycles. The van der Waals surface area contributed by atoms with Crippen molar-refractivity contribution in [2.45, 2.75) is 64.2 Å². The number of benzene rings is 2. The number of carbonyl (C=O) groups is 3. The third-order valence-electron chi connectivity index (χ3n) is 7.47. The van der Waals surface area contributed by atoms with Gasteiger partial charge in [0.25, 0.3) is 0 Å². The lowest BCUT2D eigenvalue weighted by Crippen LogP contribution is -2.24. The zero-order valence-corrected chi connectivity index (χ0v) is 22.7. The Kier molecular flexibility index (Phi) is 10.7. The highest BCUT2D eigenvalue weighted by molar-refractivity contribution is 5.76. The van der Waals surface area contributed by atoms with Crippen LogP contribution in [0.25, 0.3) is 0 Å². The minimum absolute atomic E-state index is 0.0253. The number of aliphatic carboxylic acids is 1. The van der Waals surface area contributed by atoms with Crippen LogP contribution < -0.4 is 10.6 Å². The van der Waals surface area contributed by atoms with E-state index in [1.54, 1.807) is 19.1 Å². The number of carboxylic acid groups (broad SMARTS) is 1. The van der Waals surface area contributed by atoms with Gasteiger partial charge in [-0.2, -0.15) is 0 Å². The molecule has 2 saturated carbocycles. The quantitative estimate of drug-likeness (QED) is 0.241. The summed E-state index contributed by atoms with van der Waals surface area (Å²) in [6.07, 6.45) is 3.23. The summed E-state index contributed by atoms with van der Waals surface area (Å²) in [6, 6.07) is 10.6. The molecule has 0 aliphatic heterocycles. The van der Waals surface area contributed by atoms with Gasteiger partial charge >= 0.3 is 5.97 Å². The number of carboxylic acids is 1. The van der Waals surface area contributed by atoms with Gasteiger partial charge in [-0.3, -0.25) is 14.4 Å². The minimum Gasteiger partial charge on any atom is -0.508 e. The van der Waals surface area contributed by atoms with E-state index in [9.17, 15) is 24.6 Å². The van der Waals surface area contributed by atoms with Crippen molar-refractivity contribution in [2.75, 3.05) is 19.7 Å². The van der Waals surface area contributed by atoms with Crippen LogP contribution in [0.5, 0.6) is 11.5 Å². The second-order valence-corrected chi connectivity index (χ2v) is 10.3. The first-order chi connectivity index (χ1) is 18.7. The van der Waals surface area contributed by atoms with Gasteiger partial charge in [-0.25, -0.2) is 0 Å². The predicted octanol–water partition coefficient (Wildman–Crippen LogP) is 3.21. The van der Waals surface area contributed by atoms with Crippen LogP contribution in [0, 0.1) is 11.8 Å². The number of hydrogen-bond donors (Lipinski definition) is 6. The van der Waals surface area contributed by atoms with Crippen LogP contribution in [0.4, 0.5) is 0 Å². The maximum Gasteiger partial charge on any atom is 0.307 e. The summed E-state index contributed by atoms with van der Waals surface area (Å²) in [6.45, 7) is 4.99. The topological polar surface area (TPSA) is 156 Å². The number of phenols is 2. The van der Waals surface area contributed by atoms with E-state index < -0.39 is 5.97 Å². The van der Waals surface area contributed by atoms with E-state index in [1.165, 1.54) is 6.07 Å². The monoisotopic (exact) mass is 540 g/mol. The van der Waals surface area contributed by atoms with Gasteiger partial charge in [0.15, 0.2) is 0 Å². The standard InChI is InChI=1S/C15H19NO4.C15H21NO3/c1-2-14(18)16-8-9-6-11(9)10-4-3-5-13(17)12(10)7-15(19)20;1-2-15(19)16-9-10-8-13(10)11-4-3-5-14(18)12(11)6-7-17/h3-5,9,11,17H,2,6-8H2,1H3,(H,16,18)(H,19,20);3-5,10,13,17-18H,2,6-9H2,1H3,(H,16,19)/t9-,11?;10-,13?/m00/s1. The summed E-state index contributed by atoms with van der Waals surface area (Å²) in [5.74, 6) is 0.857. The summed E-state index contributed by atoms with van der Waals surface area (Å²) in [7, 11) is 0. The number of aliphatic hydroxyl groups is 1. The molecular formula is C30H40N2O7. The number of rotatable bonds is 12. The molecular weight excluding hydrogens is 500 g/mol. The van der Waals surface area contributed by atoms with Gasteiger partial charge in [-0.1, -0.05) is 38.1 Å². The van der Waals surface area contributed by atoms with Crippen LogP contribution in [-0.2, 0) is 27.2 Å². The molecule has 0 bridgehead atoms. The first kappa shape index (κ1) is 30.0. The summed E-state index contributed by atoms with van der Waals surface area (Å²) in [5, 5.41) is 43.4. The van der Waals surface area contributed by atoms with Crippen LogP contribution in [0.2, 0.25) is 0 Å². The van der Waals surface area contributed by atoms with Gasteiger partial charge in [0, 0.05) is 38.1 Å². The number of aliphatic hydroxyl groups excluding tert-OH is 1. The lowest BCUT2D eigenvalue weighted by atomic mass is 9.98. The molecule has 9 nitrogen and oxygen atoms in total. The highest BCUT2D eigenvalue weighted by Gasteiger charge is 2.40. The Morgan fingerprint density at radius 3 is 1.69 bits per heavy atom. The predicted molar refractivity (Wildman–Crippen MR) is 147 cm³/mol. The number of hydrogen-bond acceptors (Lipinski definition) is 6. The van der Waals surface area contributed by atoms with Crippen molar-refractivity contribution < 1.29 is 34.8 Å².